The first kappa shape index (κ1) is 18.0. The number of halogens is 2. The molecule has 2 N–H and O–H groups in total. The number of nitrogens with one attached hydrogen (secondary N) is 1. The zero-order chi connectivity index (χ0) is 15.9. The number of aliphatic hydroxyl groups is 1. The fourth-order valence-electron chi connectivity index (χ4n) is 1.56. The van der Waals surface area contributed by atoms with Crippen molar-refractivity contribution in [2.24, 2.45) is 0 Å². The average molecular weight is 332 g/mol. The Labute approximate surface area is 134 Å². The topological polar surface area (TPSA) is 58.6 Å². The Balaban J connectivity index is 2.54. The molecule has 1 rings (SSSR count). The molecule has 0 aliphatic carbocycles. The third-order valence-corrected chi connectivity index (χ3v) is 3.72. The summed E-state index contributed by atoms with van der Waals surface area (Å²) in [6.45, 7) is 2.21. The number of hydrogen-bond acceptors (Lipinski definition) is 3. The highest BCUT2D eigenvalue weighted by molar-refractivity contribution is 6.42. The second-order valence-corrected chi connectivity index (χ2v) is 5.72. The minimum Gasteiger partial charge on any atom is -0.388 e. The van der Waals surface area contributed by atoms with Crippen LogP contribution in [0.25, 0.3) is 6.08 Å². The smallest absolute Gasteiger partial charge is 0.244 e. The van der Waals surface area contributed by atoms with Gasteiger partial charge in [-0.1, -0.05) is 35.3 Å². The van der Waals surface area contributed by atoms with Gasteiger partial charge in [0.1, 0.15) is 0 Å². The van der Waals surface area contributed by atoms with E-state index < -0.39 is 5.60 Å². The molecule has 0 aliphatic rings. The van der Waals surface area contributed by atoms with Crippen LogP contribution in [0.5, 0.6) is 0 Å². The molecule has 116 valence electrons. The summed E-state index contributed by atoms with van der Waals surface area (Å²) in [6.07, 6.45) is 3.37. The molecule has 0 bridgehead atoms. The van der Waals surface area contributed by atoms with Gasteiger partial charge in [-0.15, -0.1) is 0 Å². The van der Waals surface area contributed by atoms with E-state index in [-0.39, 0.29) is 12.5 Å². The van der Waals surface area contributed by atoms with Gasteiger partial charge in [-0.3, -0.25) is 4.79 Å². The van der Waals surface area contributed by atoms with Crippen LogP contribution in [0, 0.1) is 0 Å². The van der Waals surface area contributed by atoms with E-state index in [1.54, 1.807) is 38.3 Å². The standard InChI is InChI=1S/C15H19Cl2NO3/c1-15(20,8-9-21-2)10-18-13(19)7-6-11-4-3-5-12(16)14(11)17/h3-7,20H,8-10H2,1-2H3,(H,18,19)/b7-6+. The predicted molar refractivity (Wildman–Crippen MR) is 85.6 cm³/mol. The summed E-state index contributed by atoms with van der Waals surface area (Å²) in [7, 11) is 1.56. The predicted octanol–water partition coefficient (Wildman–Crippen LogP) is 2.91. The highest BCUT2D eigenvalue weighted by Gasteiger charge is 2.20. The Morgan fingerprint density at radius 1 is 1.48 bits per heavy atom. The van der Waals surface area contributed by atoms with Crippen LogP contribution in [0.3, 0.4) is 0 Å². The van der Waals surface area contributed by atoms with Gasteiger partial charge in [-0.2, -0.15) is 0 Å². The van der Waals surface area contributed by atoms with E-state index in [9.17, 15) is 9.90 Å². The monoisotopic (exact) mass is 331 g/mol. The van der Waals surface area contributed by atoms with Crippen LogP contribution < -0.4 is 5.32 Å². The average Bonchev–Trinajstić information content (AvgIpc) is 2.45. The van der Waals surface area contributed by atoms with E-state index in [1.807, 2.05) is 0 Å². The van der Waals surface area contributed by atoms with Gasteiger partial charge in [0.25, 0.3) is 0 Å². The van der Waals surface area contributed by atoms with Gasteiger partial charge in [-0.05, 0) is 24.6 Å². The summed E-state index contributed by atoms with van der Waals surface area (Å²) >= 11 is 11.9. The molecule has 0 aliphatic heterocycles. The van der Waals surface area contributed by atoms with Crippen LogP contribution in [0.4, 0.5) is 0 Å². The maximum atomic E-state index is 11.7. The van der Waals surface area contributed by atoms with Crippen LogP contribution in [0.1, 0.15) is 18.9 Å². The first-order valence-corrected chi connectivity index (χ1v) is 7.22. The maximum absolute atomic E-state index is 11.7. The number of amides is 1. The highest BCUT2D eigenvalue weighted by Crippen LogP contribution is 2.26. The first-order valence-electron chi connectivity index (χ1n) is 6.47. The van der Waals surface area contributed by atoms with Crippen molar-refractivity contribution in [2.45, 2.75) is 18.9 Å². The number of ether oxygens (including phenoxy) is 1. The molecule has 0 fully saturated rings. The van der Waals surface area contributed by atoms with Gasteiger partial charge in [0, 0.05) is 32.8 Å². The van der Waals surface area contributed by atoms with Gasteiger partial charge in [-0.25, -0.2) is 0 Å². The molecule has 1 aromatic carbocycles. The molecule has 4 nitrogen and oxygen atoms in total. The Morgan fingerprint density at radius 3 is 2.86 bits per heavy atom. The molecular weight excluding hydrogens is 313 g/mol. The van der Waals surface area contributed by atoms with Crippen LogP contribution >= 0.6 is 23.2 Å². The number of carbonyl (C=O) groups excluding carboxylic acids is 1. The Morgan fingerprint density at radius 2 is 2.19 bits per heavy atom. The highest BCUT2D eigenvalue weighted by atomic mass is 35.5. The Bertz CT molecular complexity index is 516. The molecule has 0 heterocycles. The minimum atomic E-state index is -1.01. The zero-order valence-corrected chi connectivity index (χ0v) is 13.5. The van der Waals surface area contributed by atoms with Crippen molar-refractivity contribution < 1.29 is 14.6 Å². The fourth-order valence-corrected chi connectivity index (χ4v) is 1.93. The third-order valence-electron chi connectivity index (χ3n) is 2.88. The lowest BCUT2D eigenvalue weighted by molar-refractivity contribution is -0.117. The molecule has 1 unspecified atom stereocenters. The lowest BCUT2D eigenvalue weighted by atomic mass is 10.0. The van der Waals surface area contributed by atoms with Gasteiger partial charge >= 0.3 is 0 Å². The van der Waals surface area contributed by atoms with Crippen molar-refractivity contribution in [3.8, 4) is 0 Å². The Kier molecular flexibility index (Phi) is 7.18. The molecule has 0 saturated heterocycles. The van der Waals surface area contributed by atoms with E-state index >= 15 is 0 Å². The van der Waals surface area contributed by atoms with Crippen molar-refractivity contribution in [1.29, 1.82) is 0 Å². The van der Waals surface area contributed by atoms with E-state index in [0.29, 0.717) is 28.6 Å². The summed E-state index contributed by atoms with van der Waals surface area (Å²) in [5.41, 5.74) is -0.349. The van der Waals surface area contributed by atoms with Crippen LogP contribution in [-0.2, 0) is 9.53 Å². The molecule has 0 radical (unpaired) electrons. The molecule has 1 aromatic rings. The number of benzene rings is 1. The van der Waals surface area contributed by atoms with E-state index in [4.69, 9.17) is 27.9 Å². The zero-order valence-electron chi connectivity index (χ0n) is 12.0. The SMILES string of the molecule is COCCC(C)(O)CNC(=O)/C=C/c1cccc(Cl)c1Cl. The lowest BCUT2D eigenvalue weighted by Crippen LogP contribution is -2.40. The summed E-state index contributed by atoms with van der Waals surface area (Å²) < 4.78 is 4.90. The third kappa shape index (κ3) is 6.48. The lowest BCUT2D eigenvalue weighted by Gasteiger charge is -2.22. The van der Waals surface area contributed by atoms with Gasteiger partial charge in [0.2, 0.25) is 5.91 Å². The summed E-state index contributed by atoms with van der Waals surface area (Å²) in [4.78, 5) is 11.7. The van der Waals surface area contributed by atoms with E-state index in [1.165, 1.54) is 6.08 Å². The second-order valence-electron chi connectivity index (χ2n) is 4.93. The number of rotatable bonds is 7. The molecule has 1 amide bonds. The fraction of sp³-hybridized carbons (Fsp3) is 0.400. The van der Waals surface area contributed by atoms with Crippen LogP contribution in [0.15, 0.2) is 24.3 Å². The summed E-state index contributed by atoms with van der Waals surface area (Å²) in [5.74, 6) is -0.316. The van der Waals surface area contributed by atoms with Crippen LogP contribution in [-0.4, -0.2) is 36.9 Å². The van der Waals surface area contributed by atoms with Gasteiger partial charge in [0.15, 0.2) is 0 Å². The summed E-state index contributed by atoms with van der Waals surface area (Å²) in [6, 6.07) is 5.18. The number of carbonyl (C=O) groups is 1. The second kappa shape index (κ2) is 8.39. The first-order chi connectivity index (χ1) is 9.85. The molecular formula is C15H19Cl2NO3. The van der Waals surface area contributed by atoms with Gasteiger partial charge < -0.3 is 15.2 Å². The van der Waals surface area contributed by atoms with Crippen LogP contribution in [0.2, 0.25) is 10.0 Å². The van der Waals surface area contributed by atoms with Crippen molar-refractivity contribution >= 4 is 35.2 Å². The molecule has 6 heteroatoms. The summed E-state index contributed by atoms with van der Waals surface area (Å²) in [5, 5.41) is 13.5. The molecule has 21 heavy (non-hydrogen) atoms. The number of hydrogen-bond donors (Lipinski definition) is 2. The largest absolute Gasteiger partial charge is 0.388 e. The normalized spacial score (nSPS) is 14.1. The van der Waals surface area contributed by atoms with E-state index in [0.717, 1.165) is 0 Å². The minimum absolute atomic E-state index is 0.142. The van der Waals surface area contributed by atoms with Gasteiger partial charge in [0.05, 0.1) is 15.6 Å². The quantitative estimate of drug-likeness (QED) is 0.755. The maximum Gasteiger partial charge on any atom is 0.244 e. The number of methoxy groups -OCH3 is 1. The molecule has 1 atom stereocenters. The molecule has 0 saturated carbocycles. The van der Waals surface area contributed by atoms with E-state index in [2.05, 4.69) is 5.32 Å². The van der Waals surface area contributed by atoms with Crippen molar-refractivity contribution in [1.82, 2.24) is 5.32 Å². The molecule has 0 spiro atoms. The van der Waals surface area contributed by atoms with Crippen molar-refractivity contribution in [3.63, 3.8) is 0 Å². The van der Waals surface area contributed by atoms with Crippen molar-refractivity contribution in [3.05, 3.63) is 39.9 Å². The molecule has 0 aromatic heterocycles. The Hall–Kier alpha value is -1.07. The van der Waals surface area contributed by atoms with Crippen molar-refractivity contribution in [2.75, 3.05) is 20.3 Å².